The minimum atomic E-state index is -1.81. The molecule has 0 amide bonds. The molecule has 0 saturated carbocycles. The maximum absolute atomic E-state index is 12.0. The molecule has 0 heterocycles. The van der Waals surface area contributed by atoms with E-state index in [-0.39, 0.29) is 49.3 Å². The molecule has 214 valence electrons. The number of benzene rings is 4. The van der Waals surface area contributed by atoms with Crippen molar-refractivity contribution in [2.45, 2.75) is 39.8 Å². The van der Waals surface area contributed by atoms with Crippen molar-refractivity contribution in [2.24, 2.45) is 0 Å². The van der Waals surface area contributed by atoms with Crippen LogP contribution in [0.5, 0.6) is 11.5 Å². The SMILES string of the molecule is CCc1[cH-]c2ccccc2c1[Si](C)(C)c1c(CC)[cH-]c2ccccc12.Oc1ccc(F)cc1.Oc1ccc(F)cc1.[Zr+2]. The Balaban J connectivity index is 0.000000233. The number of phenolic OH excluding ortho intramolecular Hbond substituents is 2. The quantitative estimate of drug-likeness (QED) is 0.148. The van der Waals surface area contributed by atoms with Gasteiger partial charge in [0, 0.05) is 8.07 Å². The molecule has 0 fully saturated rings. The standard InChI is InChI=1S/C24H26Si.2C6H5FO.Zr/c1-5-17-15-19-11-7-9-13-21(19)23(17)25(3,4)24-18(6-2)16-20-12-8-10-14-22(20)24;2*7-5-1-3-6(8)4-2-5;/h7-16H,5-6H2,1-4H3;2*1-4,8H;/q-2;;;+2. The number of halogens is 2. The number of hydrogen-bond donors (Lipinski definition) is 2. The molecule has 0 saturated heterocycles. The van der Waals surface area contributed by atoms with E-state index >= 15 is 0 Å². The molecule has 0 aromatic heterocycles. The van der Waals surface area contributed by atoms with Gasteiger partial charge in [0.25, 0.3) is 0 Å². The van der Waals surface area contributed by atoms with Crippen LogP contribution in [0, 0.1) is 11.6 Å². The molecule has 6 heteroatoms. The molecule has 6 aromatic rings. The molecule has 0 spiro atoms. The van der Waals surface area contributed by atoms with Gasteiger partial charge < -0.3 is 10.2 Å². The Morgan fingerprint density at radius 3 is 1.21 bits per heavy atom. The predicted octanol–water partition coefficient (Wildman–Crippen LogP) is 8.44. The van der Waals surface area contributed by atoms with E-state index in [1.54, 1.807) is 21.5 Å². The van der Waals surface area contributed by atoms with Crippen molar-refractivity contribution in [2.75, 3.05) is 0 Å². The monoisotopic (exact) mass is 656 g/mol. The van der Waals surface area contributed by atoms with Crippen LogP contribution in [0.4, 0.5) is 8.78 Å². The minimum absolute atomic E-state index is 0. The molecule has 2 nitrogen and oxygen atoms in total. The second kappa shape index (κ2) is 14.7. The van der Waals surface area contributed by atoms with Crippen molar-refractivity contribution in [3.8, 4) is 11.5 Å². The zero-order valence-electron chi connectivity index (χ0n) is 24.5. The van der Waals surface area contributed by atoms with E-state index in [1.807, 2.05) is 0 Å². The molecule has 0 atom stereocenters. The number of rotatable bonds is 4. The smallest absolute Gasteiger partial charge is 0.508 e. The minimum Gasteiger partial charge on any atom is -0.508 e. The van der Waals surface area contributed by atoms with Crippen LogP contribution >= 0.6 is 0 Å². The van der Waals surface area contributed by atoms with E-state index in [4.69, 9.17) is 10.2 Å². The van der Waals surface area contributed by atoms with Crippen molar-refractivity contribution in [1.82, 2.24) is 0 Å². The summed E-state index contributed by atoms with van der Waals surface area (Å²) in [5.41, 5.74) is 3.09. The first kappa shape index (κ1) is 33.2. The van der Waals surface area contributed by atoms with Gasteiger partial charge in [0.15, 0.2) is 0 Å². The summed E-state index contributed by atoms with van der Waals surface area (Å²) in [6.07, 6.45) is 2.22. The van der Waals surface area contributed by atoms with Gasteiger partial charge in [-0.3, -0.25) is 0 Å². The van der Waals surface area contributed by atoms with Gasteiger partial charge >= 0.3 is 26.2 Å². The Morgan fingerprint density at radius 2 is 0.905 bits per heavy atom. The second-order valence-corrected chi connectivity index (χ2v) is 14.8. The Kier molecular flexibility index (Phi) is 11.6. The van der Waals surface area contributed by atoms with E-state index in [1.165, 1.54) is 70.1 Å². The molecule has 0 aliphatic rings. The van der Waals surface area contributed by atoms with Gasteiger partial charge in [-0.25, -0.2) is 8.78 Å². The average molecular weight is 658 g/mol. The van der Waals surface area contributed by atoms with Crippen molar-refractivity contribution < 1.29 is 45.2 Å². The number of fused-ring (bicyclic) bond motifs is 2. The first-order valence-electron chi connectivity index (χ1n) is 13.9. The summed E-state index contributed by atoms with van der Waals surface area (Å²) < 4.78 is 24.0. The van der Waals surface area contributed by atoms with Crippen LogP contribution in [0.2, 0.25) is 13.1 Å². The second-order valence-electron chi connectivity index (χ2n) is 10.5. The molecule has 6 rings (SSSR count). The molecule has 0 bridgehead atoms. The van der Waals surface area contributed by atoms with Crippen molar-refractivity contribution in [3.63, 3.8) is 0 Å². The van der Waals surface area contributed by atoms with Gasteiger partial charge in [0.05, 0.1) is 0 Å². The van der Waals surface area contributed by atoms with Crippen LogP contribution in [0.3, 0.4) is 0 Å². The molecular formula is C36H36F2O2SiZr. The number of phenols is 2. The van der Waals surface area contributed by atoms with Crippen LogP contribution in [0.15, 0.2) is 109 Å². The summed E-state index contributed by atoms with van der Waals surface area (Å²) >= 11 is 0. The molecule has 42 heavy (non-hydrogen) atoms. The summed E-state index contributed by atoms with van der Waals surface area (Å²) in [5, 5.41) is 26.2. The van der Waals surface area contributed by atoms with Crippen molar-refractivity contribution >= 4 is 40.0 Å². The third kappa shape index (κ3) is 7.53. The van der Waals surface area contributed by atoms with Crippen LogP contribution in [-0.4, -0.2) is 18.3 Å². The van der Waals surface area contributed by atoms with Gasteiger partial charge in [-0.1, -0.05) is 39.1 Å². The van der Waals surface area contributed by atoms with E-state index in [0.717, 1.165) is 12.8 Å². The van der Waals surface area contributed by atoms with E-state index in [0.29, 0.717) is 0 Å². The molecular weight excluding hydrogens is 622 g/mol. The van der Waals surface area contributed by atoms with Gasteiger partial charge in [0.2, 0.25) is 0 Å². The van der Waals surface area contributed by atoms with Crippen LogP contribution in [0.25, 0.3) is 21.5 Å². The Morgan fingerprint density at radius 1 is 0.571 bits per heavy atom. The van der Waals surface area contributed by atoms with Gasteiger partial charge in [0.1, 0.15) is 23.1 Å². The zero-order valence-corrected chi connectivity index (χ0v) is 27.9. The van der Waals surface area contributed by atoms with Crippen molar-refractivity contribution in [1.29, 1.82) is 0 Å². The molecule has 2 N–H and O–H groups in total. The summed E-state index contributed by atoms with van der Waals surface area (Å²) in [7, 11) is -1.81. The van der Waals surface area contributed by atoms with E-state index in [2.05, 4.69) is 87.6 Å². The third-order valence-corrected chi connectivity index (χ3v) is 11.1. The van der Waals surface area contributed by atoms with E-state index in [9.17, 15) is 8.78 Å². The largest absolute Gasteiger partial charge is 2.00 e. The molecule has 0 aliphatic carbocycles. The summed E-state index contributed by atoms with van der Waals surface area (Å²) in [5.74, 6) is -0.483. The molecule has 0 aliphatic heterocycles. The average Bonchev–Trinajstić information content (AvgIpc) is 3.56. The Labute approximate surface area is 267 Å². The normalized spacial score (nSPS) is 10.8. The van der Waals surface area contributed by atoms with Crippen molar-refractivity contribution in [3.05, 3.63) is 132 Å². The number of hydrogen-bond acceptors (Lipinski definition) is 2. The van der Waals surface area contributed by atoms with Crippen LogP contribution < -0.4 is 10.4 Å². The summed E-state index contributed by atoms with van der Waals surface area (Å²) in [6.45, 7) is 9.70. The Bertz CT molecular complexity index is 1550. The fourth-order valence-electron chi connectivity index (χ4n) is 5.61. The summed E-state index contributed by atoms with van der Waals surface area (Å²) in [6, 6.07) is 32.8. The first-order chi connectivity index (χ1) is 19.6. The molecule has 0 unspecified atom stereocenters. The van der Waals surface area contributed by atoms with Gasteiger partial charge in [-0.05, 0) is 61.4 Å². The molecule has 0 radical (unpaired) electrons. The summed E-state index contributed by atoms with van der Waals surface area (Å²) in [4.78, 5) is 0. The van der Waals surface area contributed by atoms with Gasteiger partial charge in [-0.15, -0.1) is 81.2 Å². The predicted molar refractivity (Wildman–Crippen MR) is 171 cm³/mol. The topological polar surface area (TPSA) is 40.5 Å². The zero-order chi connectivity index (χ0) is 29.6. The number of aromatic hydroxyl groups is 2. The third-order valence-electron chi connectivity index (χ3n) is 7.43. The Hall–Kier alpha value is -3.34. The maximum Gasteiger partial charge on any atom is 2.00 e. The fraction of sp³-hybridized carbons (Fsp3) is 0.167. The first-order valence-corrected chi connectivity index (χ1v) is 16.9. The fourth-order valence-corrected chi connectivity index (χ4v) is 9.76. The van der Waals surface area contributed by atoms with Crippen LogP contribution in [-0.2, 0) is 39.0 Å². The van der Waals surface area contributed by atoms with E-state index < -0.39 is 8.07 Å². The number of aryl methyl sites for hydroxylation is 2. The van der Waals surface area contributed by atoms with Crippen LogP contribution in [0.1, 0.15) is 25.0 Å². The maximum atomic E-state index is 12.0. The van der Waals surface area contributed by atoms with Gasteiger partial charge in [-0.2, -0.15) is 10.4 Å². The molecule has 6 aromatic carbocycles.